The maximum Gasteiger partial charge on any atom is 0.409 e. The Kier molecular flexibility index (Phi) is 25.0. The number of alkyl halides is 3. The van der Waals surface area contributed by atoms with Crippen LogP contribution >= 0.6 is 55.1 Å². The minimum atomic E-state index is -4.54. The summed E-state index contributed by atoms with van der Waals surface area (Å²) in [4.78, 5) is 19.8. The molecule has 462 valence electrons. The SMILES string of the molecule is CCC(CC#N)N1CCN=C1c1cccc(Cl)c1CCc1cc(Br)ccc1OC.CCC(CC#N)N1CCN=C1c1ccccc1CCc1cccc2ccccc12.COc1ccc(Br)cc1CCc1c(Cl)cccc1C1=NCCN1C(CC#N)C(F)(F)F. The van der Waals surface area contributed by atoms with Crippen molar-refractivity contribution in [2.45, 2.75) is 109 Å². The van der Waals surface area contributed by atoms with E-state index in [9.17, 15) is 23.7 Å². The molecule has 0 spiro atoms. The number of methoxy groups -OCH3 is 2. The Morgan fingerprint density at radius 2 is 0.921 bits per heavy atom. The van der Waals surface area contributed by atoms with Crippen molar-refractivity contribution in [3.63, 3.8) is 0 Å². The molecule has 18 heteroatoms. The molecule has 11 nitrogen and oxygen atoms in total. The van der Waals surface area contributed by atoms with Crippen LogP contribution in [0.4, 0.5) is 13.2 Å². The van der Waals surface area contributed by atoms with Gasteiger partial charge in [-0.3, -0.25) is 15.0 Å². The van der Waals surface area contributed by atoms with Gasteiger partial charge in [-0.2, -0.15) is 29.0 Å². The standard InChI is InChI=1S/C26H27N3.C23H25BrClN3O.C22H20BrClF3N3O/c1-2-23(16-17-27)29-19-18-28-26(29)25-13-6-4-9-22(25)15-14-21-11-7-10-20-8-3-5-12-24(20)21;1-3-18(11-12-26)28-14-13-27-23(28)20-5-4-6-21(25)19(20)9-7-16-15-17(24)8-10-22(16)29-2;1-31-19-8-6-15(23)13-14(19)5-7-16-17(3-2-4-18(16)24)21-29-11-12-30(21)20(9-10-28)22(25,26)27/h3-13,23H,2,14-16,18-19H2,1H3;4-6,8,10,15,18H,3,7,9,11,13-14H2,1-2H3;2-4,6,8,13,20H,5,7,9,11-12H2,1H3. The molecule has 3 unspecified atom stereocenters. The second-order valence-corrected chi connectivity index (χ2v) is 24.3. The third-order valence-corrected chi connectivity index (χ3v) is 18.1. The third kappa shape index (κ3) is 17.1. The largest absolute Gasteiger partial charge is 0.496 e. The Labute approximate surface area is 548 Å². The summed E-state index contributed by atoms with van der Waals surface area (Å²) in [6.45, 7) is 7.94. The van der Waals surface area contributed by atoms with E-state index in [-0.39, 0.29) is 31.0 Å². The molecule has 10 rings (SSSR count). The summed E-state index contributed by atoms with van der Waals surface area (Å²) in [7, 11) is 3.28. The number of amidine groups is 3. The molecule has 0 radical (unpaired) electrons. The average molecular weight is 1370 g/mol. The number of benzene rings is 7. The van der Waals surface area contributed by atoms with Gasteiger partial charge in [-0.25, -0.2) is 0 Å². The number of aliphatic imine (C=N–C) groups is 3. The molecule has 3 atom stereocenters. The summed E-state index contributed by atoms with van der Waals surface area (Å²) in [5.41, 5.74) is 9.47. The van der Waals surface area contributed by atoms with Crippen LogP contribution in [-0.4, -0.2) is 110 Å². The highest BCUT2D eigenvalue weighted by atomic mass is 79.9. The molecule has 7 aromatic carbocycles. The molecule has 0 fully saturated rings. The zero-order valence-electron chi connectivity index (χ0n) is 50.5. The second kappa shape index (κ2) is 32.9. The smallest absolute Gasteiger partial charge is 0.409 e. The lowest BCUT2D eigenvalue weighted by Crippen LogP contribution is -2.47. The number of ether oxygens (including phenoxy) is 2. The molecule has 89 heavy (non-hydrogen) atoms. The Bertz CT molecular complexity index is 3800. The fourth-order valence-corrected chi connectivity index (χ4v) is 13.3. The van der Waals surface area contributed by atoms with E-state index in [1.54, 1.807) is 38.5 Å². The van der Waals surface area contributed by atoms with Gasteiger partial charge < -0.3 is 24.2 Å². The highest BCUT2D eigenvalue weighted by Crippen LogP contribution is 2.35. The van der Waals surface area contributed by atoms with Crippen LogP contribution in [0.1, 0.15) is 96.0 Å². The summed E-state index contributed by atoms with van der Waals surface area (Å²) in [6, 6.07) is 51.5. The predicted molar refractivity (Wildman–Crippen MR) is 360 cm³/mol. The van der Waals surface area contributed by atoms with E-state index >= 15 is 0 Å². The van der Waals surface area contributed by atoms with Crippen LogP contribution in [0, 0.1) is 34.0 Å². The van der Waals surface area contributed by atoms with E-state index in [4.69, 9.17) is 47.9 Å². The van der Waals surface area contributed by atoms with Gasteiger partial charge in [-0.15, -0.1) is 0 Å². The molecule has 7 aromatic rings. The molecule has 3 heterocycles. The van der Waals surface area contributed by atoms with E-state index in [0.29, 0.717) is 36.3 Å². The Morgan fingerprint density at radius 1 is 0.506 bits per heavy atom. The molecule has 0 N–H and O–H groups in total. The lowest BCUT2D eigenvalue weighted by atomic mass is 9.95. The van der Waals surface area contributed by atoms with Crippen molar-refractivity contribution in [1.82, 2.24) is 14.7 Å². The molecule has 3 aliphatic heterocycles. The fourth-order valence-electron chi connectivity index (χ4n) is 12.0. The molecule has 0 aliphatic carbocycles. The molecule has 0 bridgehead atoms. The zero-order valence-corrected chi connectivity index (χ0v) is 55.2. The average Bonchev–Trinajstić information content (AvgIpc) is 4.04. The summed E-state index contributed by atoms with van der Waals surface area (Å²) >= 11 is 20.1. The van der Waals surface area contributed by atoms with Gasteiger partial charge in [0, 0.05) is 67.4 Å². The Hall–Kier alpha value is -7.39. The van der Waals surface area contributed by atoms with Crippen molar-refractivity contribution >= 4 is 83.3 Å². The predicted octanol–water partition coefficient (Wildman–Crippen LogP) is 16.8. The van der Waals surface area contributed by atoms with Crippen LogP contribution in [0.5, 0.6) is 11.5 Å². The number of nitriles is 3. The van der Waals surface area contributed by atoms with Crippen molar-refractivity contribution in [2.75, 3.05) is 53.5 Å². The van der Waals surface area contributed by atoms with Crippen molar-refractivity contribution < 1.29 is 22.6 Å². The number of hydrogen-bond donors (Lipinski definition) is 0. The van der Waals surface area contributed by atoms with Crippen molar-refractivity contribution in [1.29, 1.82) is 15.8 Å². The van der Waals surface area contributed by atoms with Crippen LogP contribution in [0.25, 0.3) is 10.8 Å². The molecule has 0 saturated heterocycles. The summed E-state index contributed by atoms with van der Waals surface area (Å²) < 4.78 is 53.8. The molecule has 0 saturated carbocycles. The van der Waals surface area contributed by atoms with E-state index < -0.39 is 18.6 Å². The number of nitrogens with zero attached hydrogens (tertiary/aromatic N) is 9. The van der Waals surface area contributed by atoms with Gasteiger partial charge in [0.25, 0.3) is 0 Å². The highest BCUT2D eigenvalue weighted by molar-refractivity contribution is 9.10. The number of fused-ring (bicyclic) bond motifs is 1. The summed E-state index contributed by atoms with van der Waals surface area (Å²) in [5, 5.41) is 31.2. The molecular formula is C71H72Br2Cl2F3N9O2. The lowest BCUT2D eigenvalue weighted by molar-refractivity contribution is -0.171. The molecule has 0 amide bonds. The first-order chi connectivity index (χ1) is 43.2. The Morgan fingerprint density at radius 3 is 1.43 bits per heavy atom. The van der Waals surface area contributed by atoms with Gasteiger partial charge in [0.2, 0.25) is 0 Å². The monoisotopic (exact) mass is 1370 g/mol. The van der Waals surface area contributed by atoms with Gasteiger partial charge in [-0.05, 0) is 144 Å². The van der Waals surface area contributed by atoms with E-state index in [2.05, 4.69) is 152 Å². The molecule has 0 aromatic heterocycles. The number of rotatable bonds is 22. The Balaban J connectivity index is 0.000000173. The number of halogens is 7. The maximum atomic E-state index is 13.6. The first-order valence-corrected chi connectivity index (χ1v) is 32.4. The third-order valence-electron chi connectivity index (χ3n) is 16.4. The van der Waals surface area contributed by atoms with Gasteiger partial charge in [0.15, 0.2) is 0 Å². The minimum Gasteiger partial charge on any atom is -0.496 e. The van der Waals surface area contributed by atoms with Crippen molar-refractivity contribution in [3.05, 3.63) is 209 Å². The minimum absolute atomic E-state index is 0.104. The molecular weight excluding hydrogens is 1300 g/mol. The molecule has 3 aliphatic rings. The lowest BCUT2D eigenvalue weighted by Gasteiger charge is -2.31. The van der Waals surface area contributed by atoms with Gasteiger partial charge in [-0.1, -0.05) is 160 Å². The van der Waals surface area contributed by atoms with Crippen LogP contribution in [0.3, 0.4) is 0 Å². The number of aryl methyl sites for hydroxylation is 4. The topological polar surface area (TPSA) is 137 Å². The van der Waals surface area contributed by atoms with Gasteiger partial charge in [0.1, 0.15) is 35.0 Å². The van der Waals surface area contributed by atoms with Crippen LogP contribution in [0.15, 0.2) is 163 Å². The zero-order chi connectivity index (χ0) is 63.5. The number of hydrogen-bond acceptors (Lipinski definition) is 11. The summed E-state index contributed by atoms with van der Waals surface area (Å²) in [6.07, 6.45) is 2.36. The quantitative estimate of drug-likeness (QED) is 0.0654. The highest BCUT2D eigenvalue weighted by Gasteiger charge is 2.46. The van der Waals surface area contributed by atoms with E-state index in [1.807, 2.05) is 42.5 Å². The van der Waals surface area contributed by atoms with E-state index in [1.165, 1.54) is 32.4 Å². The van der Waals surface area contributed by atoms with Crippen molar-refractivity contribution in [3.8, 4) is 29.7 Å². The van der Waals surface area contributed by atoms with Crippen LogP contribution < -0.4 is 9.47 Å². The van der Waals surface area contributed by atoms with Crippen LogP contribution in [-0.2, 0) is 38.5 Å². The van der Waals surface area contributed by atoms with Crippen LogP contribution in [0.2, 0.25) is 10.0 Å². The van der Waals surface area contributed by atoms with Crippen molar-refractivity contribution in [2.24, 2.45) is 15.0 Å². The first-order valence-electron chi connectivity index (χ1n) is 30.0. The first kappa shape index (κ1) is 67.5. The second-order valence-electron chi connectivity index (χ2n) is 21.7. The van der Waals surface area contributed by atoms with E-state index in [0.717, 1.165) is 130 Å². The van der Waals surface area contributed by atoms with Gasteiger partial charge in [0.05, 0.1) is 71.3 Å². The normalized spacial score (nSPS) is 14.7. The maximum absolute atomic E-state index is 13.6. The van der Waals surface area contributed by atoms with Gasteiger partial charge >= 0.3 is 6.18 Å². The summed E-state index contributed by atoms with van der Waals surface area (Å²) in [5.74, 6) is 3.87. The fraction of sp³-hybridized carbons (Fsp3) is 0.352.